The average Bonchev–Trinajstić information content (AvgIpc) is 2.62. The van der Waals surface area contributed by atoms with E-state index in [2.05, 4.69) is 26.2 Å². The minimum absolute atomic E-state index is 0.602. The van der Waals surface area contributed by atoms with E-state index in [-0.39, 0.29) is 0 Å². The van der Waals surface area contributed by atoms with Crippen molar-refractivity contribution in [2.75, 3.05) is 5.32 Å². The van der Waals surface area contributed by atoms with E-state index in [1.54, 1.807) is 11.3 Å². The molecule has 0 radical (unpaired) electrons. The molecule has 0 bridgehead atoms. The number of aromatic nitrogens is 1. The van der Waals surface area contributed by atoms with E-state index in [9.17, 15) is 0 Å². The van der Waals surface area contributed by atoms with E-state index < -0.39 is 0 Å². The third-order valence-corrected chi connectivity index (χ3v) is 4.08. The zero-order valence-corrected chi connectivity index (χ0v) is 12.8. The molecule has 2 rings (SSSR count). The Bertz CT molecular complexity index is 519. The molecule has 1 aromatic heterocycles. The van der Waals surface area contributed by atoms with Crippen LogP contribution in [0.3, 0.4) is 0 Å². The van der Waals surface area contributed by atoms with Crippen molar-refractivity contribution in [2.45, 2.75) is 13.5 Å². The molecule has 0 saturated carbocycles. The van der Waals surface area contributed by atoms with Crippen molar-refractivity contribution in [3.63, 3.8) is 0 Å². The first-order valence-electron chi connectivity index (χ1n) is 4.86. The predicted molar refractivity (Wildman–Crippen MR) is 78.3 cm³/mol. The van der Waals surface area contributed by atoms with E-state index in [0.717, 1.165) is 20.0 Å². The number of anilines is 1. The second kappa shape index (κ2) is 5.57. The van der Waals surface area contributed by atoms with E-state index in [4.69, 9.17) is 23.2 Å². The highest BCUT2D eigenvalue weighted by atomic mass is 79.9. The van der Waals surface area contributed by atoms with Gasteiger partial charge in [0.05, 0.1) is 27.3 Å². The van der Waals surface area contributed by atoms with Gasteiger partial charge in [-0.1, -0.05) is 39.1 Å². The largest absolute Gasteiger partial charge is 0.378 e. The maximum atomic E-state index is 6.12. The summed E-state index contributed by atoms with van der Waals surface area (Å²) < 4.78 is 0.867. The van der Waals surface area contributed by atoms with Crippen LogP contribution in [0.2, 0.25) is 10.0 Å². The Morgan fingerprint density at radius 2 is 2.00 bits per heavy atom. The molecule has 1 heterocycles. The van der Waals surface area contributed by atoms with Gasteiger partial charge in [-0.15, -0.1) is 11.3 Å². The quantitative estimate of drug-likeness (QED) is 0.828. The highest BCUT2D eigenvalue weighted by molar-refractivity contribution is 9.10. The van der Waals surface area contributed by atoms with Gasteiger partial charge in [0.15, 0.2) is 0 Å². The number of hydrogen-bond donors (Lipinski definition) is 1. The number of hydrogen-bond acceptors (Lipinski definition) is 3. The molecular formula is C11H9BrCl2N2S. The van der Waals surface area contributed by atoms with Crippen LogP contribution in [0.25, 0.3) is 0 Å². The monoisotopic (exact) mass is 350 g/mol. The van der Waals surface area contributed by atoms with E-state index in [1.165, 1.54) is 0 Å². The van der Waals surface area contributed by atoms with Gasteiger partial charge in [-0.25, -0.2) is 4.98 Å². The molecule has 1 N–H and O–H groups in total. The first-order chi connectivity index (χ1) is 8.06. The Morgan fingerprint density at radius 3 is 2.53 bits per heavy atom. The Balaban J connectivity index is 2.14. The molecular weight excluding hydrogens is 343 g/mol. The summed E-state index contributed by atoms with van der Waals surface area (Å²) in [6.07, 6.45) is 1.85. The number of halogens is 3. The van der Waals surface area contributed by atoms with Crippen LogP contribution in [0, 0.1) is 6.92 Å². The number of benzene rings is 1. The molecule has 0 spiro atoms. The van der Waals surface area contributed by atoms with Crippen LogP contribution in [-0.2, 0) is 6.54 Å². The standard InChI is InChI=1S/C11H9BrCl2N2S/c1-6-15-4-8(17-6)5-16-11-9(13)2-7(12)3-10(11)14/h2-4,16H,5H2,1H3. The van der Waals surface area contributed by atoms with Gasteiger partial charge in [-0.2, -0.15) is 0 Å². The van der Waals surface area contributed by atoms with Crippen LogP contribution in [0.1, 0.15) is 9.88 Å². The van der Waals surface area contributed by atoms with Gasteiger partial charge in [0, 0.05) is 15.5 Å². The molecule has 0 saturated heterocycles. The summed E-state index contributed by atoms with van der Waals surface area (Å²) in [7, 11) is 0. The summed E-state index contributed by atoms with van der Waals surface area (Å²) in [5.41, 5.74) is 0.752. The van der Waals surface area contributed by atoms with E-state index in [0.29, 0.717) is 16.6 Å². The first-order valence-corrected chi connectivity index (χ1v) is 7.22. The van der Waals surface area contributed by atoms with Crippen LogP contribution in [0.4, 0.5) is 5.69 Å². The van der Waals surface area contributed by atoms with Gasteiger partial charge >= 0.3 is 0 Å². The van der Waals surface area contributed by atoms with Gasteiger partial charge in [-0.3, -0.25) is 0 Å². The Morgan fingerprint density at radius 1 is 1.35 bits per heavy atom. The zero-order chi connectivity index (χ0) is 12.4. The lowest BCUT2D eigenvalue weighted by Gasteiger charge is -2.09. The lowest BCUT2D eigenvalue weighted by Crippen LogP contribution is -1.99. The Hall–Kier alpha value is -0.290. The summed E-state index contributed by atoms with van der Waals surface area (Å²) in [5.74, 6) is 0. The molecule has 6 heteroatoms. The lowest BCUT2D eigenvalue weighted by atomic mass is 10.3. The molecule has 2 nitrogen and oxygen atoms in total. The molecule has 90 valence electrons. The van der Waals surface area contributed by atoms with Crippen LogP contribution < -0.4 is 5.32 Å². The van der Waals surface area contributed by atoms with Crippen LogP contribution in [-0.4, -0.2) is 4.98 Å². The number of rotatable bonds is 3. The Kier molecular flexibility index (Phi) is 4.31. The van der Waals surface area contributed by atoms with Crippen molar-refractivity contribution in [1.82, 2.24) is 4.98 Å². The molecule has 2 aromatic rings. The second-order valence-electron chi connectivity index (χ2n) is 3.44. The zero-order valence-electron chi connectivity index (χ0n) is 8.93. The summed E-state index contributed by atoms with van der Waals surface area (Å²) in [6, 6.07) is 3.63. The maximum absolute atomic E-state index is 6.12. The number of nitrogens with zero attached hydrogens (tertiary/aromatic N) is 1. The van der Waals surface area contributed by atoms with Crippen molar-refractivity contribution in [3.8, 4) is 0 Å². The van der Waals surface area contributed by atoms with Crippen molar-refractivity contribution >= 4 is 56.2 Å². The van der Waals surface area contributed by atoms with Crippen molar-refractivity contribution < 1.29 is 0 Å². The van der Waals surface area contributed by atoms with E-state index >= 15 is 0 Å². The molecule has 1 aromatic carbocycles. The first kappa shape index (κ1) is 13.1. The third-order valence-electron chi connectivity index (χ3n) is 2.12. The SMILES string of the molecule is Cc1ncc(CNc2c(Cl)cc(Br)cc2Cl)s1. The number of thiazole rings is 1. The van der Waals surface area contributed by atoms with Gasteiger partial charge in [0.2, 0.25) is 0 Å². The lowest BCUT2D eigenvalue weighted by molar-refractivity contribution is 1.17. The van der Waals surface area contributed by atoms with Crippen molar-refractivity contribution in [3.05, 3.63) is 42.7 Å². The molecule has 0 fully saturated rings. The minimum Gasteiger partial charge on any atom is -0.378 e. The topological polar surface area (TPSA) is 24.9 Å². The third kappa shape index (κ3) is 3.35. The molecule has 0 aliphatic rings. The average molecular weight is 352 g/mol. The number of nitrogens with one attached hydrogen (secondary N) is 1. The molecule has 0 atom stereocenters. The summed E-state index contributed by atoms with van der Waals surface area (Å²) in [5, 5.41) is 5.48. The van der Waals surface area contributed by atoms with Crippen molar-refractivity contribution in [2.24, 2.45) is 0 Å². The van der Waals surface area contributed by atoms with Crippen LogP contribution in [0.5, 0.6) is 0 Å². The molecule has 17 heavy (non-hydrogen) atoms. The Labute approximate surface area is 122 Å². The second-order valence-corrected chi connectivity index (χ2v) is 6.49. The summed E-state index contributed by atoms with van der Waals surface area (Å²) >= 11 is 17.2. The highest BCUT2D eigenvalue weighted by Crippen LogP contribution is 2.34. The molecule has 0 amide bonds. The van der Waals surface area contributed by atoms with Gasteiger partial charge in [0.1, 0.15) is 0 Å². The van der Waals surface area contributed by atoms with Gasteiger partial charge in [-0.05, 0) is 19.1 Å². The fourth-order valence-corrected chi connectivity index (χ4v) is 3.45. The normalized spacial score (nSPS) is 10.6. The van der Waals surface area contributed by atoms with Crippen molar-refractivity contribution in [1.29, 1.82) is 0 Å². The summed E-state index contributed by atoms with van der Waals surface area (Å²) in [4.78, 5) is 5.34. The fourth-order valence-electron chi connectivity index (χ4n) is 1.37. The smallest absolute Gasteiger partial charge is 0.0897 e. The minimum atomic E-state index is 0.602. The van der Waals surface area contributed by atoms with Crippen LogP contribution >= 0.6 is 50.5 Å². The van der Waals surface area contributed by atoms with Gasteiger partial charge in [0.25, 0.3) is 0 Å². The molecule has 0 unspecified atom stereocenters. The van der Waals surface area contributed by atoms with Gasteiger partial charge < -0.3 is 5.32 Å². The molecule has 0 aliphatic heterocycles. The number of aryl methyl sites for hydroxylation is 1. The van der Waals surface area contributed by atoms with E-state index in [1.807, 2.05) is 25.3 Å². The fraction of sp³-hybridized carbons (Fsp3) is 0.182. The molecule has 0 aliphatic carbocycles. The highest BCUT2D eigenvalue weighted by Gasteiger charge is 2.07. The maximum Gasteiger partial charge on any atom is 0.0897 e. The van der Waals surface area contributed by atoms with Crippen LogP contribution in [0.15, 0.2) is 22.8 Å². The predicted octanol–water partition coefficient (Wildman–Crippen LogP) is 5.13. The summed E-state index contributed by atoms with van der Waals surface area (Å²) in [6.45, 7) is 2.65.